The summed E-state index contributed by atoms with van der Waals surface area (Å²) >= 11 is 0. The molecule has 2 aromatic rings. The lowest BCUT2D eigenvalue weighted by atomic mass is 9.51. The summed E-state index contributed by atoms with van der Waals surface area (Å²) < 4.78 is 0. The highest BCUT2D eigenvalue weighted by Gasteiger charge is 2.53. The fraction of sp³-hybridized carbons (Fsp3) is 0.520. The first-order chi connectivity index (χ1) is 16.0. The molecule has 6 atom stereocenters. The van der Waals surface area contributed by atoms with Crippen LogP contribution in [0.3, 0.4) is 0 Å². The number of rotatable bonds is 5. The molecule has 1 unspecified atom stereocenters. The first-order valence-electron chi connectivity index (χ1n) is 12.0. The molecule has 0 bridgehead atoms. The largest absolute Gasteiger partial charge is 0.481 e. The lowest BCUT2D eigenvalue weighted by Gasteiger charge is -2.54. The molecule has 3 heterocycles. The van der Waals surface area contributed by atoms with Crippen LogP contribution < -0.4 is 11.1 Å². The van der Waals surface area contributed by atoms with E-state index in [9.17, 15) is 9.90 Å². The Labute approximate surface area is 193 Å². The lowest BCUT2D eigenvalue weighted by Crippen LogP contribution is -2.53. The maximum Gasteiger partial charge on any atom is 0.308 e. The van der Waals surface area contributed by atoms with Crippen molar-refractivity contribution in [2.45, 2.75) is 45.6 Å². The average Bonchev–Trinajstić information content (AvgIpc) is 3.46. The second-order valence-corrected chi connectivity index (χ2v) is 9.65. The predicted octanol–water partition coefficient (Wildman–Crippen LogP) is 3.32. The summed E-state index contributed by atoms with van der Waals surface area (Å²) in [6, 6.07) is 3.49. The van der Waals surface area contributed by atoms with E-state index in [4.69, 9.17) is 15.7 Å². The van der Waals surface area contributed by atoms with Crippen LogP contribution in [-0.2, 0) is 4.79 Å². The Hall–Kier alpha value is -3.16. The number of aromatic amines is 1. The Kier molecular flexibility index (Phi) is 5.68. The van der Waals surface area contributed by atoms with Crippen LogP contribution in [0.15, 0.2) is 46.3 Å². The Morgan fingerprint density at radius 2 is 2.18 bits per heavy atom. The van der Waals surface area contributed by atoms with Crippen LogP contribution in [-0.4, -0.2) is 45.3 Å². The first kappa shape index (κ1) is 21.7. The van der Waals surface area contributed by atoms with Crippen LogP contribution in [0, 0.1) is 29.6 Å². The van der Waals surface area contributed by atoms with E-state index in [0.717, 1.165) is 41.7 Å². The number of carboxylic acids is 1. The number of carboxylic acid groups (broad SMARTS) is 1. The van der Waals surface area contributed by atoms with E-state index < -0.39 is 11.9 Å². The number of hydrogen-bond acceptors (Lipinski definition) is 4. The molecule has 1 aliphatic heterocycles. The smallest absolute Gasteiger partial charge is 0.308 e. The molecule has 0 amide bonds. The lowest BCUT2D eigenvalue weighted by molar-refractivity contribution is -0.149. The van der Waals surface area contributed by atoms with E-state index in [1.165, 1.54) is 6.42 Å². The van der Waals surface area contributed by atoms with Gasteiger partial charge in [-0.3, -0.25) is 9.79 Å². The van der Waals surface area contributed by atoms with E-state index in [2.05, 4.69) is 35.2 Å². The van der Waals surface area contributed by atoms with Crippen LogP contribution in [0.5, 0.6) is 0 Å². The number of nitrogens with two attached hydrogens (primary N) is 1. The predicted molar refractivity (Wildman–Crippen MR) is 129 cm³/mol. The van der Waals surface area contributed by atoms with Crippen molar-refractivity contribution in [3.05, 3.63) is 41.9 Å². The molecular weight excluding hydrogens is 416 g/mol. The van der Waals surface area contributed by atoms with E-state index in [1.807, 2.05) is 12.1 Å². The number of H-pyrrole nitrogens is 1. The molecule has 2 saturated carbocycles. The maximum atomic E-state index is 12.3. The minimum Gasteiger partial charge on any atom is -0.481 e. The van der Waals surface area contributed by atoms with Gasteiger partial charge in [-0.2, -0.15) is 0 Å². The van der Waals surface area contributed by atoms with Gasteiger partial charge in [0, 0.05) is 29.9 Å². The topological polar surface area (TPSA) is 129 Å². The van der Waals surface area contributed by atoms with Gasteiger partial charge in [-0.1, -0.05) is 26.3 Å². The first-order valence-corrected chi connectivity index (χ1v) is 12.0. The summed E-state index contributed by atoms with van der Waals surface area (Å²) in [5, 5.41) is 14.3. The molecule has 2 fully saturated rings. The number of nitrogens with one attached hydrogen (secondary N) is 2. The highest BCUT2D eigenvalue weighted by atomic mass is 16.4. The van der Waals surface area contributed by atoms with Gasteiger partial charge in [-0.25, -0.2) is 9.98 Å². The third-order valence-electron chi connectivity index (χ3n) is 8.00. The van der Waals surface area contributed by atoms with Crippen molar-refractivity contribution < 1.29 is 9.90 Å². The van der Waals surface area contributed by atoms with E-state index >= 15 is 0 Å². The summed E-state index contributed by atoms with van der Waals surface area (Å²) in [4.78, 5) is 29.5. The van der Waals surface area contributed by atoms with E-state index in [0.29, 0.717) is 35.8 Å². The molecule has 3 aliphatic rings. The van der Waals surface area contributed by atoms with Crippen molar-refractivity contribution in [2.75, 3.05) is 6.54 Å². The summed E-state index contributed by atoms with van der Waals surface area (Å²) in [5.41, 5.74) is 8.79. The quantitative estimate of drug-likeness (QED) is 0.412. The number of hydrogen-bond donors (Lipinski definition) is 4. The van der Waals surface area contributed by atoms with Crippen LogP contribution in [0.2, 0.25) is 0 Å². The standard InChI is InChI=1S/C25H32N6O2/c1-3-14-10-16-13(2)21(18(25(32)33)11-17(14)16)30-24(20-7-5-8-27-20)31-22(26)19-12-29-23-15(19)6-4-9-28-23/h4,6-7,9,12-14,16-18,21,27H,3,5,8,10-11H2,1-2H3,(H,28,29)(H,32,33)(H2,26,30,31)/t13-,14-,16-,17?,18+,21+/m1/s1. The van der Waals surface area contributed by atoms with Gasteiger partial charge in [-0.15, -0.1) is 0 Å². The maximum absolute atomic E-state index is 12.3. The minimum absolute atomic E-state index is 0.193. The summed E-state index contributed by atoms with van der Waals surface area (Å²) in [6.07, 6.45) is 9.47. The molecule has 0 aromatic carbocycles. The molecule has 0 radical (unpaired) electrons. The van der Waals surface area contributed by atoms with Crippen LogP contribution >= 0.6 is 0 Å². The minimum atomic E-state index is -0.761. The fourth-order valence-corrected chi connectivity index (χ4v) is 6.11. The zero-order chi connectivity index (χ0) is 23.1. The third-order valence-corrected chi connectivity index (χ3v) is 8.00. The van der Waals surface area contributed by atoms with Crippen molar-refractivity contribution in [3.8, 4) is 0 Å². The Morgan fingerprint density at radius 3 is 2.91 bits per heavy atom. The van der Waals surface area contributed by atoms with Gasteiger partial charge in [0.25, 0.3) is 0 Å². The molecule has 33 heavy (non-hydrogen) atoms. The van der Waals surface area contributed by atoms with Gasteiger partial charge < -0.3 is 21.1 Å². The van der Waals surface area contributed by atoms with Crippen LogP contribution in [0.4, 0.5) is 0 Å². The SMILES string of the molecule is CC[C@@H]1C[C@H]2C1C[C@H](C(=O)O)[C@@H](N=C(N=C(N)c1c[nH]c3ncccc13)C1=CCCN1)[C@@H]2C. The molecule has 5 N–H and O–H groups in total. The number of aliphatic carboxylic acids is 1. The van der Waals surface area contributed by atoms with Crippen molar-refractivity contribution >= 4 is 28.7 Å². The molecule has 0 saturated heterocycles. The van der Waals surface area contributed by atoms with E-state index in [1.54, 1.807) is 12.4 Å². The number of fused-ring (bicyclic) bond motifs is 2. The third kappa shape index (κ3) is 3.81. The number of nitrogens with zero attached hydrogens (tertiary/aromatic N) is 3. The van der Waals surface area contributed by atoms with Crippen LogP contribution in [0.1, 0.15) is 45.1 Å². The zero-order valence-electron chi connectivity index (χ0n) is 19.2. The van der Waals surface area contributed by atoms with Crippen molar-refractivity contribution in [1.82, 2.24) is 15.3 Å². The van der Waals surface area contributed by atoms with Gasteiger partial charge >= 0.3 is 5.97 Å². The number of amidine groups is 2. The normalized spacial score (nSPS) is 32.1. The van der Waals surface area contributed by atoms with Gasteiger partial charge in [0.15, 0.2) is 5.84 Å². The van der Waals surface area contributed by atoms with Gasteiger partial charge in [0.05, 0.1) is 17.7 Å². The second-order valence-electron chi connectivity index (χ2n) is 9.65. The van der Waals surface area contributed by atoms with Crippen LogP contribution in [0.25, 0.3) is 11.0 Å². The van der Waals surface area contributed by atoms with Gasteiger partial charge in [-0.05, 0) is 55.1 Å². The van der Waals surface area contributed by atoms with Gasteiger partial charge in [0.1, 0.15) is 11.5 Å². The molecule has 0 spiro atoms. The summed E-state index contributed by atoms with van der Waals surface area (Å²) in [6.45, 7) is 5.19. The summed E-state index contributed by atoms with van der Waals surface area (Å²) in [5.74, 6) is 1.45. The Balaban J connectivity index is 1.52. The fourth-order valence-electron chi connectivity index (χ4n) is 6.11. The molecule has 5 rings (SSSR count). The highest BCUT2D eigenvalue weighted by molar-refractivity contribution is 6.15. The summed E-state index contributed by atoms with van der Waals surface area (Å²) in [7, 11) is 0. The average molecular weight is 449 g/mol. The second kappa shape index (κ2) is 8.65. The van der Waals surface area contributed by atoms with Crippen molar-refractivity contribution in [1.29, 1.82) is 0 Å². The van der Waals surface area contributed by atoms with Crippen molar-refractivity contribution in [3.63, 3.8) is 0 Å². The van der Waals surface area contributed by atoms with E-state index in [-0.39, 0.29) is 12.0 Å². The molecular formula is C25H32N6O2. The number of aromatic nitrogens is 2. The highest BCUT2D eigenvalue weighted by Crippen LogP contribution is 2.55. The molecule has 174 valence electrons. The Bertz CT molecular complexity index is 1150. The van der Waals surface area contributed by atoms with Crippen molar-refractivity contribution in [2.24, 2.45) is 45.3 Å². The molecule has 2 aliphatic carbocycles. The Morgan fingerprint density at radius 1 is 1.33 bits per heavy atom. The molecule has 8 nitrogen and oxygen atoms in total. The van der Waals surface area contributed by atoms with Gasteiger partial charge in [0.2, 0.25) is 0 Å². The molecule has 8 heteroatoms. The number of aliphatic imine (C=N–C) groups is 2. The number of carbonyl (C=O) groups is 1. The number of pyridine rings is 1. The monoisotopic (exact) mass is 448 g/mol. The zero-order valence-corrected chi connectivity index (χ0v) is 19.2. The molecule has 2 aromatic heterocycles.